The fourth-order valence-electron chi connectivity index (χ4n) is 5.15. The summed E-state index contributed by atoms with van der Waals surface area (Å²) in [5.74, 6) is -0.196. The number of carbonyl (C=O) groups is 2. The van der Waals surface area contributed by atoms with Crippen molar-refractivity contribution in [3.63, 3.8) is 0 Å². The number of rotatable bonds is 7. The number of dihydropyridines is 1. The number of allylic oxidation sites excluding steroid dienone is 2. The van der Waals surface area contributed by atoms with Crippen LogP contribution in [0, 0.1) is 6.92 Å². The third kappa shape index (κ3) is 4.52. The molecule has 0 amide bonds. The summed E-state index contributed by atoms with van der Waals surface area (Å²) in [7, 11) is 1.57. The molecule has 1 N–H and O–H groups in total. The molecule has 0 bridgehead atoms. The Morgan fingerprint density at radius 2 is 1.79 bits per heavy atom. The first-order chi connectivity index (χ1) is 18.3. The Morgan fingerprint density at radius 1 is 1.03 bits per heavy atom. The molecule has 38 heavy (non-hydrogen) atoms. The van der Waals surface area contributed by atoms with Crippen molar-refractivity contribution in [2.45, 2.75) is 33.3 Å². The molecule has 0 unspecified atom stereocenters. The second kappa shape index (κ2) is 10.5. The topological polar surface area (TPSA) is 73.9 Å². The van der Waals surface area contributed by atoms with Crippen LogP contribution in [0.2, 0.25) is 0 Å². The molecule has 3 aromatic rings. The SMILES string of the molecule is CCOC(=O)C1=C(C)NC2=C(C(=O)c3ccccc32)[C@@H]1c1cc(Br)c(OCc2cccc(C)c2)c(OC)c1. The lowest BCUT2D eigenvalue weighted by molar-refractivity contribution is -0.138. The van der Waals surface area contributed by atoms with E-state index in [-0.39, 0.29) is 12.4 Å². The number of nitrogens with one attached hydrogen (secondary N) is 1. The predicted molar refractivity (Wildman–Crippen MR) is 149 cm³/mol. The van der Waals surface area contributed by atoms with Crippen LogP contribution in [-0.2, 0) is 16.1 Å². The highest BCUT2D eigenvalue weighted by molar-refractivity contribution is 9.10. The van der Waals surface area contributed by atoms with Crippen LogP contribution in [0.3, 0.4) is 0 Å². The normalized spacial score (nSPS) is 16.1. The van der Waals surface area contributed by atoms with E-state index in [1.54, 1.807) is 14.0 Å². The number of carbonyl (C=O) groups excluding carboxylic acids is 2. The Labute approximate surface area is 230 Å². The van der Waals surface area contributed by atoms with Gasteiger partial charge in [0, 0.05) is 28.3 Å². The molecule has 1 aliphatic heterocycles. The molecular formula is C31H28BrNO5. The lowest BCUT2D eigenvalue weighted by Crippen LogP contribution is -2.29. The van der Waals surface area contributed by atoms with Crippen molar-refractivity contribution in [3.05, 3.63) is 110 Å². The summed E-state index contributed by atoms with van der Waals surface area (Å²) in [6.45, 7) is 6.22. The van der Waals surface area contributed by atoms with Gasteiger partial charge >= 0.3 is 5.97 Å². The van der Waals surface area contributed by atoms with Crippen LogP contribution in [0.15, 0.2) is 82.0 Å². The van der Waals surface area contributed by atoms with Crippen LogP contribution in [0.4, 0.5) is 0 Å². The third-order valence-corrected chi connectivity index (χ3v) is 7.38. The number of ketones is 1. The maximum absolute atomic E-state index is 13.7. The molecule has 1 aliphatic carbocycles. The van der Waals surface area contributed by atoms with Gasteiger partial charge in [-0.15, -0.1) is 0 Å². The number of esters is 1. The van der Waals surface area contributed by atoms with Gasteiger partial charge in [-0.25, -0.2) is 4.79 Å². The molecular weight excluding hydrogens is 546 g/mol. The first-order valence-corrected chi connectivity index (χ1v) is 13.2. The van der Waals surface area contributed by atoms with E-state index in [4.69, 9.17) is 14.2 Å². The summed E-state index contributed by atoms with van der Waals surface area (Å²) in [5, 5.41) is 3.32. The van der Waals surface area contributed by atoms with Crippen LogP contribution in [0.25, 0.3) is 5.70 Å². The average molecular weight is 574 g/mol. The van der Waals surface area contributed by atoms with Gasteiger partial charge < -0.3 is 19.5 Å². The minimum Gasteiger partial charge on any atom is -0.493 e. The van der Waals surface area contributed by atoms with Crippen molar-refractivity contribution in [3.8, 4) is 11.5 Å². The van der Waals surface area contributed by atoms with Crippen molar-refractivity contribution in [2.75, 3.05) is 13.7 Å². The van der Waals surface area contributed by atoms with E-state index in [2.05, 4.69) is 27.3 Å². The van der Waals surface area contributed by atoms with Crippen molar-refractivity contribution < 1.29 is 23.8 Å². The Hall–Kier alpha value is -3.84. The summed E-state index contributed by atoms with van der Waals surface area (Å²) in [4.78, 5) is 26.9. The molecule has 0 aromatic heterocycles. The van der Waals surface area contributed by atoms with Gasteiger partial charge in [0.05, 0.1) is 29.5 Å². The minimum absolute atomic E-state index is 0.114. The first-order valence-electron chi connectivity index (χ1n) is 12.4. The van der Waals surface area contributed by atoms with Gasteiger partial charge in [0.1, 0.15) is 6.61 Å². The van der Waals surface area contributed by atoms with Gasteiger partial charge in [0.2, 0.25) is 0 Å². The molecule has 1 heterocycles. The van der Waals surface area contributed by atoms with E-state index < -0.39 is 11.9 Å². The van der Waals surface area contributed by atoms with E-state index in [0.29, 0.717) is 50.5 Å². The van der Waals surface area contributed by atoms with Crippen molar-refractivity contribution in [1.29, 1.82) is 0 Å². The van der Waals surface area contributed by atoms with Crippen LogP contribution in [-0.4, -0.2) is 25.5 Å². The molecule has 3 aromatic carbocycles. The number of fused-ring (bicyclic) bond motifs is 2. The zero-order chi connectivity index (χ0) is 27.0. The molecule has 0 spiro atoms. The average Bonchev–Trinajstić information content (AvgIpc) is 3.18. The van der Waals surface area contributed by atoms with Gasteiger partial charge in [-0.1, -0.05) is 54.1 Å². The number of aryl methyl sites for hydroxylation is 1. The molecule has 7 heteroatoms. The number of Topliss-reactive ketones (excluding diaryl/α,β-unsaturated/α-hetero) is 1. The van der Waals surface area contributed by atoms with Crippen LogP contribution < -0.4 is 14.8 Å². The van der Waals surface area contributed by atoms with E-state index >= 15 is 0 Å². The molecule has 2 aliphatic rings. The largest absolute Gasteiger partial charge is 0.493 e. The van der Waals surface area contributed by atoms with Gasteiger partial charge in [0.15, 0.2) is 17.3 Å². The van der Waals surface area contributed by atoms with Crippen molar-refractivity contribution in [1.82, 2.24) is 5.32 Å². The molecule has 0 fully saturated rings. The van der Waals surface area contributed by atoms with Gasteiger partial charge in [-0.3, -0.25) is 4.79 Å². The van der Waals surface area contributed by atoms with Gasteiger partial charge in [-0.05, 0) is 60.0 Å². The summed E-state index contributed by atoms with van der Waals surface area (Å²) in [5.41, 5.74) is 6.61. The first kappa shape index (κ1) is 25.8. The maximum atomic E-state index is 13.7. The number of benzene rings is 3. The van der Waals surface area contributed by atoms with Gasteiger partial charge in [-0.2, -0.15) is 0 Å². The Balaban J connectivity index is 1.60. The monoisotopic (exact) mass is 573 g/mol. The highest BCUT2D eigenvalue weighted by atomic mass is 79.9. The van der Waals surface area contributed by atoms with E-state index in [1.807, 2.05) is 68.4 Å². The fraction of sp³-hybridized carbons (Fsp3) is 0.226. The van der Waals surface area contributed by atoms with Gasteiger partial charge in [0.25, 0.3) is 0 Å². The number of methoxy groups -OCH3 is 1. The molecule has 194 valence electrons. The lowest BCUT2D eigenvalue weighted by atomic mass is 9.79. The van der Waals surface area contributed by atoms with Crippen LogP contribution in [0.5, 0.6) is 11.5 Å². The highest BCUT2D eigenvalue weighted by Crippen LogP contribution is 2.49. The quantitative estimate of drug-likeness (QED) is 0.326. The van der Waals surface area contributed by atoms with Crippen molar-refractivity contribution >= 4 is 33.4 Å². The smallest absolute Gasteiger partial charge is 0.336 e. The number of hydrogen-bond donors (Lipinski definition) is 1. The highest BCUT2D eigenvalue weighted by Gasteiger charge is 2.43. The molecule has 1 atom stereocenters. The molecule has 5 rings (SSSR count). The fourth-order valence-corrected chi connectivity index (χ4v) is 5.72. The molecule has 0 saturated heterocycles. The molecule has 6 nitrogen and oxygen atoms in total. The molecule has 0 saturated carbocycles. The van der Waals surface area contributed by atoms with Crippen molar-refractivity contribution in [2.24, 2.45) is 0 Å². The summed E-state index contributed by atoms with van der Waals surface area (Å²) < 4.78 is 18.0. The number of halogens is 1. The van der Waals surface area contributed by atoms with Crippen LogP contribution in [0.1, 0.15) is 52.4 Å². The van der Waals surface area contributed by atoms with E-state index in [1.165, 1.54) is 0 Å². The standard InChI is InChI=1S/C31H28BrNO5/c1-5-37-31(35)25-18(3)33-28-21-11-6-7-12-22(21)29(34)27(28)26(25)20-14-23(32)30(24(15-20)36-4)38-16-19-10-8-9-17(2)13-19/h6-15,26,33H,5,16H2,1-4H3/t26-/m1/s1. The Morgan fingerprint density at radius 3 is 2.50 bits per heavy atom. The maximum Gasteiger partial charge on any atom is 0.336 e. The van der Waals surface area contributed by atoms with E-state index in [0.717, 1.165) is 22.4 Å². The minimum atomic E-state index is -0.652. The third-order valence-electron chi connectivity index (χ3n) is 6.79. The zero-order valence-corrected chi connectivity index (χ0v) is 23.3. The lowest BCUT2D eigenvalue weighted by Gasteiger charge is -2.30. The number of hydrogen-bond acceptors (Lipinski definition) is 6. The Bertz CT molecular complexity index is 1520. The zero-order valence-electron chi connectivity index (χ0n) is 21.7. The van der Waals surface area contributed by atoms with Crippen LogP contribution >= 0.6 is 15.9 Å². The second-order valence-electron chi connectivity index (χ2n) is 9.29. The molecule has 0 radical (unpaired) electrons. The number of ether oxygens (including phenoxy) is 3. The summed E-state index contributed by atoms with van der Waals surface area (Å²) in [6, 6.07) is 19.3. The second-order valence-corrected chi connectivity index (χ2v) is 10.1. The predicted octanol–water partition coefficient (Wildman–Crippen LogP) is 6.48. The summed E-state index contributed by atoms with van der Waals surface area (Å²) in [6.07, 6.45) is 0. The summed E-state index contributed by atoms with van der Waals surface area (Å²) >= 11 is 3.66. The Kier molecular flexibility index (Phi) is 7.13. The van der Waals surface area contributed by atoms with E-state index in [9.17, 15) is 9.59 Å².